The van der Waals surface area contributed by atoms with Gasteiger partial charge in [-0.2, -0.15) is 5.10 Å². The van der Waals surface area contributed by atoms with E-state index in [9.17, 15) is 17.6 Å². The van der Waals surface area contributed by atoms with Gasteiger partial charge in [0.1, 0.15) is 0 Å². The maximum Gasteiger partial charge on any atom is 0.244 e. The van der Waals surface area contributed by atoms with E-state index >= 15 is 0 Å². The lowest BCUT2D eigenvalue weighted by Crippen LogP contribution is -2.38. The van der Waals surface area contributed by atoms with Crippen LogP contribution in [-0.2, 0) is 20.2 Å². The smallest absolute Gasteiger partial charge is 0.244 e. The summed E-state index contributed by atoms with van der Waals surface area (Å²) in [5.41, 5.74) is 2.73. The fourth-order valence-electron chi connectivity index (χ4n) is 3.27. The predicted molar refractivity (Wildman–Crippen MR) is 103 cm³/mol. The number of halogens is 1. The highest BCUT2D eigenvalue weighted by Crippen LogP contribution is 2.48. The second kappa shape index (κ2) is 6.56. The van der Waals surface area contributed by atoms with Gasteiger partial charge in [-0.1, -0.05) is 36.4 Å². The molecule has 144 valence electrons. The summed E-state index contributed by atoms with van der Waals surface area (Å²) in [5, 5.41) is 3.94. The first kappa shape index (κ1) is 18.4. The van der Waals surface area contributed by atoms with Crippen molar-refractivity contribution in [1.29, 1.82) is 0 Å². The Morgan fingerprint density at radius 3 is 2.11 bits per heavy atom. The summed E-state index contributed by atoms with van der Waals surface area (Å²) in [4.78, 5) is 12.3. The third kappa shape index (κ3) is 3.55. The minimum atomic E-state index is -3.58. The van der Waals surface area contributed by atoms with E-state index in [-0.39, 0.29) is 0 Å². The highest BCUT2D eigenvalue weighted by molar-refractivity contribution is 7.89. The minimum Gasteiger partial charge on any atom is -0.273 e. The summed E-state index contributed by atoms with van der Waals surface area (Å²) in [7, 11) is -3.58. The number of carbonyl (C=O) groups excluding carboxylic acids is 1. The summed E-state index contributed by atoms with van der Waals surface area (Å²) in [6.07, 6.45) is 4.69. The van der Waals surface area contributed by atoms with Crippen LogP contribution in [0.4, 0.5) is 4.39 Å². The third-order valence-corrected chi connectivity index (χ3v) is 5.47. The Labute approximate surface area is 162 Å². The largest absolute Gasteiger partial charge is 0.273 e. The van der Waals surface area contributed by atoms with Crippen LogP contribution in [0.3, 0.4) is 0 Å². The Hall–Kier alpha value is -3.00. The Morgan fingerprint density at radius 2 is 1.64 bits per heavy atom. The van der Waals surface area contributed by atoms with Crippen LogP contribution in [0.15, 0.2) is 60.9 Å². The average molecular weight is 399 g/mol. The van der Waals surface area contributed by atoms with Crippen LogP contribution in [0.5, 0.6) is 0 Å². The molecule has 0 unspecified atom stereocenters. The predicted octanol–water partition coefficient (Wildman–Crippen LogP) is 2.79. The van der Waals surface area contributed by atoms with Gasteiger partial charge in [-0.25, -0.2) is 17.5 Å². The monoisotopic (exact) mass is 399 g/mol. The van der Waals surface area contributed by atoms with Crippen LogP contribution < -0.4 is 4.72 Å². The first-order chi connectivity index (χ1) is 13.3. The van der Waals surface area contributed by atoms with Gasteiger partial charge in [0.25, 0.3) is 0 Å². The van der Waals surface area contributed by atoms with Crippen LogP contribution >= 0.6 is 0 Å². The molecule has 1 saturated carbocycles. The first-order valence-electron chi connectivity index (χ1n) is 8.71. The molecule has 0 saturated heterocycles. The van der Waals surface area contributed by atoms with Crippen LogP contribution in [0, 0.1) is 5.82 Å². The Kier molecular flexibility index (Phi) is 4.30. The minimum absolute atomic E-state index is 0.395. The number of nitrogens with zero attached hydrogens (tertiary/aromatic N) is 2. The van der Waals surface area contributed by atoms with Crippen LogP contribution in [0.2, 0.25) is 0 Å². The van der Waals surface area contributed by atoms with Crippen molar-refractivity contribution in [3.8, 4) is 16.8 Å². The summed E-state index contributed by atoms with van der Waals surface area (Å²) in [5.74, 6) is -0.868. The number of hydrogen-bond donors (Lipinski definition) is 1. The highest BCUT2D eigenvalue weighted by Gasteiger charge is 2.51. The Bertz CT molecular complexity index is 1130. The van der Waals surface area contributed by atoms with Crippen molar-refractivity contribution in [3.63, 3.8) is 0 Å². The molecule has 0 aliphatic heterocycles. The van der Waals surface area contributed by atoms with Crippen molar-refractivity contribution in [3.05, 3.63) is 72.3 Å². The van der Waals surface area contributed by atoms with Gasteiger partial charge in [-0.3, -0.25) is 9.52 Å². The van der Waals surface area contributed by atoms with Crippen molar-refractivity contribution in [2.75, 3.05) is 6.26 Å². The molecule has 1 aliphatic rings. The standard InChI is InChI=1S/C20H18FN3O3S/c1-28(26,27)23-19(25)20(10-11-20)16-6-2-14(3-7-16)15-4-8-18(9-5-15)24-13-17(21)12-22-24/h2-9,12-13H,10-11H2,1H3,(H,23,25). The fraction of sp³-hybridized carbons (Fsp3) is 0.200. The van der Waals surface area contributed by atoms with E-state index in [1.807, 2.05) is 48.5 Å². The van der Waals surface area contributed by atoms with E-state index in [0.29, 0.717) is 12.8 Å². The van der Waals surface area contributed by atoms with Gasteiger partial charge in [0.05, 0.1) is 29.8 Å². The summed E-state index contributed by atoms with van der Waals surface area (Å²) in [6, 6.07) is 15.1. The van der Waals surface area contributed by atoms with Crippen molar-refractivity contribution in [2.24, 2.45) is 0 Å². The normalized spacial score (nSPS) is 15.2. The number of aromatic nitrogens is 2. The van der Waals surface area contributed by atoms with Gasteiger partial charge in [-0.05, 0) is 41.7 Å². The zero-order valence-electron chi connectivity index (χ0n) is 15.1. The molecule has 6 nitrogen and oxygen atoms in total. The van der Waals surface area contributed by atoms with Gasteiger partial charge in [0.15, 0.2) is 5.82 Å². The molecule has 0 spiro atoms. The average Bonchev–Trinajstić information content (AvgIpc) is 3.36. The number of carbonyl (C=O) groups is 1. The van der Waals surface area contributed by atoms with Crippen molar-refractivity contribution < 1.29 is 17.6 Å². The fourth-order valence-corrected chi connectivity index (χ4v) is 3.80. The summed E-state index contributed by atoms with van der Waals surface area (Å²) < 4.78 is 39.4. The Balaban J connectivity index is 1.54. The second-order valence-corrected chi connectivity index (χ2v) is 8.76. The molecule has 1 N–H and O–H groups in total. The lowest BCUT2D eigenvalue weighted by Gasteiger charge is -2.15. The van der Waals surface area contributed by atoms with E-state index in [2.05, 4.69) is 9.82 Å². The van der Waals surface area contributed by atoms with Crippen molar-refractivity contribution >= 4 is 15.9 Å². The number of rotatable bonds is 5. The molecule has 3 aromatic rings. The van der Waals surface area contributed by atoms with Crippen molar-refractivity contribution in [1.82, 2.24) is 14.5 Å². The van der Waals surface area contributed by atoms with E-state index in [1.54, 1.807) is 0 Å². The van der Waals surface area contributed by atoms with Crippen LogP contribution in [0.25, 0.3) is 16.8 Å². The molecule has 0 atom stereocenters. The number of benzene rings is 2. The second-order valence-electron chi connectivity index (χ2n) is 7.01. The summed E-state index contributed by atoms with van der Waals surface area (Å²) in [6.45, 7) is 0. The number of amides is 1. The van der Waals surface area contributed by atoms with E-state index in [4.69, 9.17) is 0 Å². The SMILES string of the molecule is CS(=O)(=O)NC(=O)C1(c2ccc(-c3ccc(-n4cc(F)cn4)cc3)cc2)CC1. The molecule has 1 aromatic heterocycles. The molecule has 8 heteroatoms. The van der Waals surface area contributed by atoms with Crippen LogP contribution in [0.1, 0.15) is 18.4 Å². The van der Waals surface area contributed by atoms with E-state index in [0.717, 1.165) is 34.8 Å². The zero-order valence-corrected chi connectivity index (χ0v) is 15.9. The lowest BCUT2D eigenvalue weighted by molar-refractivity contribution is -0.121. The highest BCUT2D eigenvalue weighted by atomic mass is 32.2. The van der Waals surface area contributed by atoms with E-state index < -0.39 is 27.2 Å². The first-order valence-corrected chi connectivity index (χ1v) is 10.6. The maximum absolute atomic E-state index is 13.1. The molecule has 1 amide bonds. The molecule has 4 rings (SSSR count). The molecule has 1 aliphatic carbocycles. The van der Waals surface area contributed by atoms with Crippen LogP contribution in [-0.4, -0.2) is 30.4 Å². The lowest BCUT2D eigenvalue weighted by atomic mass is 9.93. The van der Waals surface area contributed by atoms with Gasteiger partial charge in [-0.15, -0.1) is 0 Å². The molecule has 28 heavy (non-hydrogen) atoms. The molecular weight excluding hydrogens is 381 g/mol. The molecule has 0 radical (unpaired) electrons. The maximum atomic E-state index is 13.1. The number of nitrogens with one attached hydrogen (secondary N) is 1. The van der Waals surface area contributed by atoms with Gasteiger partial charge >= 0.3 is 0 Å². The molecule has 0 bridgehead atoms. The number of sulfonamides is 1. The zero-order chi connectivity index (χ0) is 19.9. The Morgan fingerprint density at radius 1 is 1.07 bits per heavy atom. The van der Waals surface area contributed by atoms with Crippen molar-refractivity contribution in [2.45, 2.75) is 18.3 Å². The topological polar surface area (TPSA) is 81.1 Å². The molecular formula is C20H18FN3O3S. The summed E-state index contributed by atoms with van der Waals surface area (Å²) >= 11 is 0. The third-order valence-electron chi connectivity index (χ3n) is 4.92. The van der Waals surface area contributed by atoms with Gasteiger partial charge in [0, 0.05) is 0 Å². The molecule has 1 heterocycles. The van der Waals surface area contributed by atoms with Gasteiger partial charge < -0.3 is 0 Å². The van der Waals surface area contributed by atoms with Gasteiger partial charge in [0.2, 0.25) is 15.9 Å². The quantitative estimate of drug-likeness (QED) is 0.715. The number of hydrogen-bond acceptors (Lipinski definition) is 4. The van der Waals surface area contributed by atoms with E-state index in [1.165, 1.54) is 10.9 Å². The molecule has 2 aromatic carbocycles. The molecule has 1 fully saturated rings.